The van der Waals surface area contributed by atoms with E-state index in [1.165, 1.54) is 6.07 Å². The Hall–Kier alpha value is -1.84. The molecule has 1 aromatic carbocycles. The van der Waals surface area contributed by atoms with E-state index in [0.29, 0.717) is 12.3 Å². The van der Waals surface area contributed by atoms with Gasteiger partial charge in [0, 0.05) is 12.0 Å². The zero-order valence-corrected chi connectivity index (χ0v) is 12.5. The predicted octanol–water partition coefficient (Wildman–Crippen LogP) is 3.69. The van der Waals surface area contributed by atoms with Crippen molar-refractivity contribution < 1.29 is 19.8 Å². The number of aromatic carboxylic acids is 1. The summed E-state index contributed by atoms with van der Waals surface area (Å²) >= 11 is 0. The lowest BCUT2D eigenvalue weighted by molar-refractivity contribution is -0.108. The number of phenolic OH excluding ortho intramolecular Hbond substituents is 1. The number of carbonyl (C=O) groups is 2. The second kappa shape index (κ2) is 6.29. The first-order chi connectivity index (χ1) is 9.95. The van der Waals surface area contributed by atoms with Gasteiger partial charge in [-0.05, 0) is 54.7 Å². The summed E-state index contributed by atoms with van der Waals surface area (Å²) in [7, 11) is 0. The van der Waals surface area contributed by atoms with Crippen molar-refractivity contribution in [3.05, 3.63) is 28.8 Å². The number of phenols is 1. The van der Waals surface area contributed by atoms with Crippen LogP contribution in [-0.4, -0.2) is 22.5 Å². The summed E-state index contributed by atoms with van der Waals surface area (Å²) in [5.41, 5.74) is 1.96. The quantitative estimate of drug-likeness (QED) is 0.811. The molecule has 21 heavy (non-hydrogen) atoms. The number of aldehydes is 1. The Labute approximate surface area is 124 Å². The van der Waals surface area contributed by atoms with E-state index >= 15 is 0 Å². The van der Waals surface area contributed by atoms with Crippen LogP contribution in [0.1, 0.15) is 72.9 Å². The minimum absolute atomic E-state index is 0.0877. The highest BCUT2D eigenvalue weighted by Crippen LogP contribution is 2.47. The Balaban J connectivity index is 2.44. The molecule has 0 saturated carbocycles. The fourth-order valence-corrected chi connectivity index (χ4v) is 3.48. The Morgan fingerprint density at radius 3 is 2.76 bits per heavy atom. The second-order valence-corrected chi connectivity index (χ2v) is 6.11. The first-order valence-corrected chi connectivity index (χ1v) is 7.49. The van der Waals surface area contributed by atoms with Gasteiger partial charge in [0.05, 0.1) is 5.56 Å². The van der Waals surface area contributed by atoms with Gasteiger partial charge >= 0.3 is 5.97 Å². The number of carbonyl (C=O) groups excluding carboxylic acids is 1. The van der Waals surface area contributed by atoms with Crippen molar-refractivity contribution in [1.82, 2.24) is 0 Å². The molecule has 0 radical (unpaired) electrons. The van der Waals surface area contributed by atoms with E-state index in [0.717, 1.165) is 36.7 Å². The monoisotopic (exact) mass is 290 g/mol. The molecule has 1 aliphatic rings. The summed E-state index contributed by atoms with van der Waals surface area (Å²) in [5.74, 6) is -0.195. The summed E-state index contributed by atoms with van der Waals surface area (Å²) in [6, 6.07) is 3.05. The van der Waals surface area contributed by atoms with E-state index in [4.69, 9.17) is 0 Å². The van der Waals surface area contributed by atoms with E-state index in [-0.39, 0.29) is 23.1 Å². The number of hydrogen-bond acceptors (Lipinski definition) is 3. The molecule has 3 atom stereocenters. The van der Waals surface area contributed by atoms with Gasteiger partial charge in [0.15, 0.2) is 0 Å². The topological polar surface area (TPSA) is 74.6 Å². The molecule has 1 aliphatic carbocycles. The lowest BCUT2D eigenvalue weighted by Crippen LogP contribution is -2.20. The fourth-order valence-electron chi connectivity index (χ4n) is 3.48. The molecule has 2 rings (SSSR count). The van der Waals surface area contributed by atoms with Crippen LogP contribution in [0.5, 0.6) is 5.75 Å². The second-order valence-electron chi connectivity index (χ2n) is 6.11. The normalized spacial score (nSPS) is 22.4. The average molecular weight is 290 g/mol. The van der Waals surface area contributed by atoms with Crippen LogP contribution in [-0.2, 0) is 4.79 Å². The van der Waals surface area contributed by atoms with Gasteiger partial charge in [-0.3, -0.25) is 0 Å². The molecule has 4 heteroatoms. The maximum absolute atomic E-state index is 11.2. The molecule has 0 spiro atoms. The summed E-state index contributed by atoms with van der Waals surface area (Å²) in [4.78, 5) is 21.8. The van der Waals surface area contributed by atoms with Crippen LogP contribution >= 0.6 is 0 Å². The molecule has 0 fully saturated rings. The van der Waals surface area contributed by atoms with Crippen molar-refractivity contribution in [2.75, 3.05) is 0 Å². The van der Waals surface area contributed by atoms with E-state index in [2.05, 4.69) is 13.8 Å². The molecular weight excluding hydrogens is 268 g/mol. The summed E-state index contributed by atoms with van der Waals surface area (Å²) in [6.45, 7) is 4.16. The summed E-state index contributed by atoms with van der Waals surface area (Å²) < 4.78 is 0. The van der Waals surface area contributed by atoms with Crippen molar-refractivity contribution in [2.24, 2.45) is 5.92 Å². The van der Waals surface area contributed by atoms with E-state index in [1.807, 2.05) is 0 Å². The molecule has 0 saturated heterocycles. The zero-order valence-electron chi connectivity index (χ0n) is 12.5. The van der Waals surface area contributed by atoms with Gasteiger partial charge < -0.3 is 15.0 Å². The first kappa shape index (κ1) is 15.5. The van der Waals surface area contributed by atoms with Crippen molar-refractivity contribution in [1.29, 1.82) is 0 Å². The van der Waals surface area contributed by atoms with Crippen LogP contribution in [0.15, 0.2) is 12.1 Å². The van der Waals surface area contributed by atoms with E-state index in [1.54, 1.807) is 6.07 Å². The van der Waals surface area contributed by atoms with Crippen LogP contribution in [0.25, 0.3) is 0 Å². The lowest BCUT2D eigenvalue weighted by atomic mass is 9.71. The van der Waals surface area contributed by atoms with Gasteiger partial charge in [0.1, 0.15) is 12.0 Å². The third-order valence-electron chi connectivity index (χ3n) is 4.67. The van der Waals surface area contributed by atoms with Crippen LogP contribution in [0.2, 0.25) is 0 Å². The zero-order chi connectivity index (χ0) is 15.6. The highest BCUT2D eigenvalue weighted by atomic mass is 16.4. The minimum atomic E-state index is -1.02. The Morgan fingerprint density at radius 1 is 1.43 bits per heavy atom. The number of benzene rings is 1. The van der Waals surface area contributed by atoms with Gasteiger partial charge in [0.25, 0.3) is 0 Å². The van der Waals surface area contributed by atoms with Gasteiger partial charge in [0.2, 0.25) is 0 Å². The SMILES string of the molecule is C[C@@H]1CC[C@@H]([C@@H](C)CCC=O)c2cc(C(=O)O)cc(O)c21. The number of fused-ring (bicyclic) bond motifs is 1. The van der Waals surface area contributed by atoms with Gasteiger partial charge in [-0.25, -0.2) is 4.79 Å². The molecule has 0 unspecified atom stereocenters. The third-order valence-corrected chi connectivity index (χ3v) is 4.67. The maximum atomic E-state index is 11.2. The van der Waals surface area contributed by atoms with Crippen molar-refractivity contribution in [3.63, 3.8) is 0 Å². The molecule has 4 nitrogen and oxygen atoms in total. The number of rotatable bonds is 5. The number of carboxylic acids is 1. The molecule has 1 aromatic rings. The van der Waals surface area contributed by atoms with Crippen LogP contribution in [0, 0.1) is 5.92 Å². The van der Waals surface area contributed by atoms with E-state index < -0.39 is 5.97 Å². The molecule has 0 bridgehead atoms. The highest BCUT2D eigenvalue weighted by molar-refractivity contribution is 5.88. The molecule has 0 heterocycles. The van der Waals surface area contributed by atoms with E-state index in [9.17, 15) is 19.8 Å². The molecule has 2 N–H and O–H groups in total. The van der Waals surface area contributed by atoms with Gasteiger partial charge in [-0.2, -0.15) is 0 Å². The highest BCUT2D eigenvalue weighted by Gasteiger charge is 2.31. The molecule has 0 aromatic heterocycles. The third kappa shape index (κ3) is 3.09. The van der Waals surface area contributed by atoms with Crippen molar-refractivity contribution >= 4 is 12.3 Å². The first-order valence-electron chi connectivity index (χ1n) is 7.49. The number of hydrogen-bond donors (Lipinski definition) is 2. The summed E-state index contributed by atoms with van der Waals surface area (Å²) in [6.07, 6.45) is 4.18. The molecule has 114 valence electrons. The lowest BCUT2D eigenvalue weighted by Gasteiger charge is -2.34. The molecule has 0 aliphatic heterocycles. The van der Waals surface area contributed by atoms with Crippen LogP contribution in [0.3, 0.4) is 0 Å². The Morgan fingerprint density at radius 2 is 2.14 bits per heavy atom. The fraction of sp³-hybridized carbons (Fsp3) is 0.529. The van der Waals surface area contributed by atoms with Crippen LogP contribution < -0.4 is 0 Å². The molecule has 0 amide bonds. The standard InChI is InChI=1S/C17H22O4/c1-10(4-3-7-18)13-6-5-11(2)16-14(13)8-12(17(20)21)9-15(16)19/h7-11,13,19H,3-6H2,1-2H3,(H,20,21)/t10-,11+,13-/m0/s1. The number of carboxylic acid groups (broad SMARTS) is 1. The van der Waals surface area contributed by atoms with Gasteiger partial charge in [-0.15, -0.1) is 0 Å². The van der Waals surface area contributed by atoms with Gasteiger partial charge in [-0.1, -0.05) is 13.8 Å². The van der Waals surface area contributed by atoms with Crippen LogP contribution in [0.4, 0.5) is 0 Å². The minimum Gasteiger partial charge on any atom is -0.508 e. The Bertz CT molecular complexity index is 550. The predicted molar refractivity (Wildman–Crippen MR) is 79.9 cm³/mol. The number of aromatic hydroxyl groups is 1. The van der Waals surface area contributed by atoms with Crippen molar-refractivity contribution in [2.45, 2.75) is 51.4 Å². The maximum Gasteiger partial charge on any atom is 0.335 e. The smallest absolute Gasteiger partial charge is 0.335 e. The average Bonchev–Trinajstić information content (AvgIpc) is 2.44. The summed E-state index contributed by atoms with van der Waals surface area (Å²) in [5, 5.41) is 19.4. The Kier molecular flexibility index (Phi) is 4.66. The van der Waals surface area contributed by atoms with Crippen molar-refractivity contribution in [3.8, 4) is 5.75 Å². The largest absolute Gasteiger partial charge is 0.508 e. The molecular formula is C17H22O4.